The highest BCUT2D eigenvalue weighted by Crippen LogP contribution is 2.31. The third-order valence-electron chi connectivity index (χ3n) is 3.67. The fraction of sp³-hybridized carbons (Fsp3) is 0.429. The van der Waals surface area contributed by atoms with Crippen LogP contribution in [0.15, 0.2) is 28.8 Å². The summed E-state index contributed by atoms with van der Waals surface area (Å²) < 4.78 is 67.0. The lowest BCUT2D eigenvalue weighted by Crippen LogP contribution is -2.29. The number of alkyl halides is 3. The number of rotatable bonds is 5. The molecule has 1 aliphatic rings. The maximum Gasteiger partial charge on any atom is 0.471 e. The molecule has 0 radical (unpaired) electrons. The third kappa shape index (κ3) is 3.44. The van der Waals surface area contributed by atoms with E-state index in [0.29, 0.717) is 24.0 Å². The molecule has 0 amide bonds. The summed E-state index contributed by atoms with van der Waals surface area (Å²) in [5, 5.41) is 3.01. The first kappa shape index (κ1) is 16.9. The molecule has 0 aliphatic heterocycles. The second-order valence-electron chi connectivity index (χ2n) is 5.62. The standard InChI is InChI=1S/C14H14F3N3O3S/c1-20(24(21,22)11-6-7-11)8-9-2-4-10(5-3-9)12-18-13(23-19-12)14(15,16)17/h2-5,11H,6-8H2,1H3. The van der Waals surface area contributed by atoms with E-state index in [1.54, 1.807) is 12.1 Å². The molecule has 24 heavy (non-hydrogen) atoms. The molecular formula is C14H14F3N3O3S. The van der Waals surface area contributed by atoms with Crippen molar-refractivity contribution in [3.8, 4) is 11.4 Å². The second-order valence-corrected chi connectivity index (χ2v) is 7.94. The average Bonchev–Trinajstić information content (AvgIpc) is 3.25. The number of aromatic nitrogens is 2. The molecule has 1 aliphatic carbocycles. The maximum absolute atomic E-state index is 12.4. The minimum absolute atomic E-state index is 0.173. The van der Waals surface area contributed by atoms with Crippen molar-refractivity contribution in [1.82, 2.24) is 14.4 Å². The van der Waals surface area contributed by atoms with E-state index >= 15 is 0 Å². The van der Waals surface area contributed by atoms with Crippen molar-refractivity contribution >= 4 is 10.0 Å². The largest absolute Gasteiger partial charge is 0.471 e. The fourth-order valence-electron chi connectivity index (χ4n) is 2.18. The molecule has 1 aromatic heterocycles. The Balaban J connectivity index is 1.72. The van der Waals surface area contributed by atoms with E-state index in [0.717, 1.165) is 0 Å². The summed E-state index contributed by atoms with van der Waals surface area (Å²) in [4.78, 5) is 3.30. The Morgan fingerprint density at radius 2 is 1.88 bits per heavy atom. The molecule has 1 heterocycles. The zero-order chi connectivity index (χ0) is 17.5. The summed E-state index contributed by atoms with van der Waals surface area (Å²) in [6, 6.07) is 6.30. The number of hydrogen-bond donors (Lipinski definition) is 0. The van der Waals surface area contributed by atoms with Gasteiger partial charge in [0.15, 0.2) is 0 Å². The van der Waals surface area contributed by atoms with Crippen molar-refractivity contribution < 1.29 is 26.1 Å². The number of hydrogen-bond acceptors (Lipinski definition) is 5. The Morgan fingerprint density at radius 1 is 1.25 bits per heavy atom. The Bertz CT molecular complexity index is 827. The highest BCUT2D eigenvalue weighted by Gasteiger charge is 2.39. The molecule has 1 fully saturated rings. The molecule has 130 valence electrons. The molecule has 0 saturated heterocycles. The van der Waals surface area contributed by atoms with Crippen LogP contribution in [0.1, 0.15) is 24.3 Å². The molecule has 0 spiro atoms. The monoisotopic (exact) mass is 361 g/mol. The second kappa shape index (κ2) is 5.85. The summed E-state index contributed by atoms with van der Waals surface area (Å²) in [6.45, 7) is 0.194. The van der Waals surface area contributed by atoms with E-state index in [9.17, 15) is 21.6 Å². The minimum Gasteiger partial charge on any atom is -0.329 e. The zero-order valence-electron chi connectivity index (χ0n) is 12.6. The van der Waals surface area contributed by atoms with Crippen LogP contribution in [0.3, 0.4) is 0 Å². The van der Waals surface area contributed by atoms with Crippen molar-refractivity contribution in [2.24, 2.45) is 0 Å². The topological polar surface area (TPSA) is 76.3 Å². The van der Waals surface area contributed by atoms with Crippen LogP contribution in [-0.4, -0.2) is 35.2 Å². The molecule has 0 N–H and O–H groups in total. The molecule has 2 aromatic rings. The van der Waals surface area contributed by atoms with Gasteiger partial charge in [0.25, 0.3) is 0 Å². The molecule has 1 aromatic carbocycles. The summed E-state index contributed by atoms with van der Waals surface area (Å²) in [6.07, 6.45) is -3.32. The van der Waals surface area contributed by atoms with Crippen LogP contribution in [0.25, 0.3) is 11.4 Å². The minimum atomic E-state index is -4.69. The first-order valence-electron chi connectivity index (χ1n) is 7.13. The summed E-state index contributed by atoms with van der Waals surface area (Å²) in [7, 11) is -1.76. The SMILES string of the molecule is CN(Cc1ccc(-c2noc(C(F)(F)F)n2)cc1)S(=O)(=O)C1CC1. The fourth-order valence-corrected chi connectivity index (χ4v) is 3.75. The van der Waals surface area contributed by atoms with Crippen LogP contribution in [0.4, 0.5) is 13.2 Å². The van der Waals surface area contributed by atoms with E-state index in [1.165, 1.54) is 23.5 Å². The Hall–Kier alpha value is -1.94. The average molecular weight is 361 g/mol. The van der Waals surface area contributed by atoms with E-state index in [2.05, 4.69) is 14.7 Å². The highest BCUT2D eigenvalue weighted by molar-refractivity contribution is 7.90. The lowest BCUT2D eigenvalue weighted by atomic mass is 10.1. The zero-order valence-corrected chi connectivity index (χ0v) is 13.4. The van der Waals surface area contributed by atoms with Crippen LogP contribution < -0.4 is 0 Å². The molecular weight excluding hydrogens is 347 g/mol. The van der Waals surface area contributed by atoms with Gasteiger partial charge in [-0.2, -0.15) is 18.2 Å². The van der Waals surface area contributed by atoms with Gasteiger partial charge in [-0.15, -0.1) is 0 Å². The van der Waals surface area contributed by atoms with Gasteiger partial charge in [-0.25, -0.2) is 12.7 Å². The lowest BCUT2D eigenvalue weighted by Gasteiger charge is -2.16. The smallest absolute Gasteiger partial charge is 0.329 e. The molecule has 1 saturated carbocycles. The maximum atomic E-state index is 12.4. The molecule has 10 heteroatoms. The van der Waals surface area contributed by atoms with Gasteiger partial charge in [-0.3, -0.25) is 0 Å². The van der Waals surface area contributed by atoms with Crippen molar-refractivity contribution in [3.63, 3.8) is 0 Å². The first-order chi connectivity index (χ1) is 11.2. The van der Waals surface area contributed by atoms with Gasteiger partial charge in [-0.1, -0.05) is 29.4 Å². The normalized spacial score (nSPS) is 15.9. The lowest BCUT2D eigenvalue weighted by molar-refractivity contribution is -0.159. The van der Waals surface area contributed by atoms with Crippen LogP contribution in [0.5, 0.6) is 0 Å². The summed E-state index contributed by atoms with van der Waals surface area (Å²) in [5.41, 5.74) is 1.07. The van der Waals surface area contributed by atoms with E-state index in [-0.39, 0.29) is 17.6 Å². The van der Waals surface area contributed by atoms with Gasteiger partial charge in [0.1, 0.15) is 0 Å². The van der Waals surface area contributed by atoms with E-state index in [4.69, 9.17) is 0 Å². The van der Waals surface area contributed by atoms with Crippen molar-refractivity contribution in [2.45, 2.75) is 30.8 Å². The van der Waals surface area contributed by atoms with Crippen LogP contribution in [-0.2, 0) is 22.7 Å². The van der Waals surface area contributed by atoms with Crippen LogP contribution >= 0.6 is 0 Å². The van der Waals surface area contributed by atoms with Crippen LogP contribution in [0, 0.1) is 0 Å². The number of benzene rings is 1. The van der Waals surface area contributed by atoms with Crippen molar-refractivity contribution in [2.75, 3.05) is 7.05 Å². The summed E-state index contributed by atoms with van der Waals surface area (Å²) in [5.74, 6) is -1.58. The van der Waals surface area contributed by atoms with Gasteiger partial charge < -0.3 is 4.52 Å². The van der Waals surface area contributed by atoms with Gasteiger partial charge in [-0.05, 0) is 18.4 Å². The molecule has 6 nitrogen and oxygen atoms in total. The number of nitrogens with zero attached hydrogens (tertiary/aromatic N) is 3. The summed E-state index contributed by atoms with van der Waals surface area (Å²) >= 11 is 0. The Labute approximate surface area is 136 Å². The van der Waals surface area contributed by atoms with Gasteiger partial charge in [0, 0.05) is 19.2 Å². The molecule has 0 unspecified atom stereocenters. The van der Waals surface area contributed by atoms with E-state index < -0.39 is 22.1 Å². The predicted molar refractivity (Wildman–Crippen MR) is 78.1 cm³/mol. The van der Waals surface area contributed by atoms with Crippen LogP contribution in [0.2, 0.25) is 0 Å². The van der Waals surface area contributed by atoms with Crippen molar-refractivity contribution in [3.05, 3.63) is 35.7 Å². The molecule has 3 rings (SSSR count). The molecule has 0 bridgehead atoms. The third-order valence-corrected chi connectivity index (χ3v) is 5.98. The van der Waals surface area contributed by atoms with Crippen molar-refractivity contribution in [1.29, 1.82) is 0 Å². The Morgan fingerprint density at radius 3 is 2.38 bits per heavy atom. The Kier molecular flexibility index (Phi) is 4.12. The predicted octanol–water partition coefficient (Wildman–Crippen LogP) is 2.68. The quantitative estimate of drug-likeness (QED) is 0.818. The first-order valence-corrected chi connectivity index (χ1v) is 8.63. The number of halogens is 3. The highest BCUT2D eigenvalue weighted by atomic mass is 32.2. The van der Waals surface area contributed by atoms with Gasteiger partial charge >= 0.3 is 12.1 Å². The number of sulfonamides is 1. The van der Waals surface area contributed by atoms with E-state index in [1.807, 2.05) is 0 Å². The molecule has 0 atom stereocenters. The van der Waals surface area contributed by atoms with Gasteiger partial charge in [0.2, 0.25) is 15.8 Å². The van der Waals surface area contributed by atoms with Gasteiger partial charge in [0.05, 0.1) is 5.25 Å².